The summed E-state index contributed by atoms with van der Waals surface area (Å²) in [6, 6.07) is 2.81. The molecule has 0 saturated carbocycles. The molecule has 0 rings (SSSR count). The van der Waals surface area contributed by atoms with E-state index in [-0.39, 0.29) is 0 Å². The second-order valence-corrected chi connectivity index (χ2v) is 1.76. The van der Waals surface area contributed by atoms with Crippen molar-refractivity contribution in [2.45, 2.75) is 13.3 Å². The largest absolute Gasteiger partial charge is 0.504 e. The number of nitrogens with zero attached hydrogens (tertiary/aromatic N) is 1. The normalized spacial score (nSPS) is 9.89. The van der Waals surface area contributed by atoms with Crippen molar-refractivity contribution in [2.24, 2.45) is 0 Å². The van der Waals surface area contributed by atoms with E-state index in [1.165, 1.54) is 0 Å². The first kappa shape index (κ1) is 8.03. The Bertz CT molecular complexity index is 150. The average molecular weight is 126 g/mol. The van der Waals surface area contributed by atoms with E-state index in [0.717, 1.165) is 12.0 Å². The lowest BCUT2D eigenvalue weighted by Crippen LogP contribution is -1.74. The Morgan fingerprint density at radius 3 is 2.89 bits per heavy atom. The molecule has 0 aromatic rings. The van der Waals surface area contributed by atoms with Gasteiger partial charge in [-0.15, -0.1) is 0 Å². The van der Waals surface area contributed by atoms with Crippen LogP contribution in [0.3, 0.4) is 0 Å². The van der Waals surface area contributed by atoms with Crippen molar-refractivity contribution in [1.29, 1.82) is 0 Å². The maximum absolute atomic E-state index is 4.76. The second kappa shape index (κ2) is 5.17. The van der Waals surface area contributed by atoms with Gasteiger partial charge in [0, 0.05) is 0 Å². The van der Waals surface area contributed by atoms with Crippen LogP contribution in [0.5, 0.6) is 0 Å². The molecular formula is C7H12NO+. The molecule has 0 saturated heterocycles. The van der Waals surface area contributed by atoms with Gasteiger partial charge in [-0.25, -0.2) is 0 Å². The van der Waals surface area contributed by atoms with Crippen molar-refractivity contribution < 1.29 is 4.74 Å². The van der Waals surface area contributed by atoms with Gasteiger partial charge in [0.15, 0.2) is 0 Å². The van der Waals surface area contributed by atoms with Crippen molar-refractivity contribution in [2.75, 3.05) is 14.2 Å². The van der Waals surface area contributed by atoms with Gasteiger partial charge < -0.3 is 4.74 Å². The molecule has 0 aliphatic carbocycles. The van der Waals surface area contributed by atoms with Crippen LogP contribution >= 0.6 is 0 Å². The van der Waals surface area contributed by atoms with Gasteiger partial charge in [-0.2, -0.15) is 0 Å². The zero-order valence-electron chi connectivity index (χ0n) is 6.14. The zero-order chi connectivity index (χ0) is 7.11. The van der Waals surface area contributed by atoms with E-state index in [1.807, 2.05) is 6.92 Å². The van der Waals surface area contributed by atoms with Crippen LogP contribution in [0, 0.1) is 6.07 Å². The summed E-state index contributed by atoms with van der Waals surface area (Å²) in [5.74, 6) is 0. The maximum atomic E-state index is 4.76. The Kier molecular flexibility index (Phi) is 4.61. The van der Waals surface area contributed by atoms with E-state index < -0.39 is 0 Å². The van der Waals surface area contributed by atoms with Gasteiger partial charge in [0.25, 0.3) is 13.1 Å². The molecule has 9 heavy (non-hydrogen) atoms. The van der Waals surface area contributed by atoms with Crippen LogP contribution in [-0.4, -0.2) is 14.2 Å². The van der Waals surface area contributed by atoms with Gasteiger partial charge >= 0.3 is 0 Å². The predicted molar refractivity (Wildman–Crippen MR) is 38.6 cm³/mol. The summed E-state index contributed by atoms with van der Waals surface area (Å²) in [6.45, 7) is 1.97. The first-order valence-electron chi connectivity index (χ1n) is 2.81. The van der Waals surface area contributed by atoms with Gasteiger partial charge in [0.05, 0.1) is 13.4 Å². The number of methoxy groups -OCH3 is 1. The summed E-state index contributed by atoms with van der Waals surface area (Å²) in [5.41, 5.74) is 1.13. The molecule has 0 aromatic heterocycles. The Morgan fingerprint density at radius 2 is 2.44 bits per heavy atom. The molecule has 0 fully saturated rings. The quantitative estimate of drug-likeness (QED) is 0.515. The number of ether oxygens (including phenoxy) is 1. The zero-order valence-corrected chi connectivity index (χ0v) is 6.14. The van der Waals surface area contributed by atoms with E-state index >= 15 is 0 Å². The van der Waals surface area contributed by atoms with Crippen LogP contribution in [0.2, 0.25) is 0 Å². The summed E-state index contributed by atoms with van der Waals surface area (Å²) < 4.78 is 4.76. The van der Waals surface area contributed by atoms with Crippen molar-refractivity contribution in [3.05, 3.63) is 16.7 Å². The molecule has 0 N–H and O–H groups in total. The lowest BCUT2D eigenvalue weighted by Gasteiger charge is -1.88. The predicted octanol–water partition coefficient (Wildman–Crippen LogP) is 1.89. The van der Waals surface area contributed by atoms with Crippen LogP contribution in [0.4, 0.5) is 0 Å². The molecule has 0 bridgehead atoms. The summed E-state index contributed by atoms with van der Waals surface area (Å²) >= 11 is 0. The maximum Gasteiger partial charge on any atom is 0.277 e. The molecular weight excluding hydrogens is 114 g/mol. The fraction of sp³-hybridized carbons (Fsp3) is 0.571. The van der Waals surface area contributed by atoms with E-state index in [1.54, 1.807) is 20.4 Å². The highest BCUT2D eigenvalue weighted by Crippen LogP contribution is 1.96. The Morgan fingerprint density at radius 1 is 1.78 bits per heavy atom. The number of rotatable bonds is 2. The van der Waals surface area contributed by atoms with Gasteiger partial charge in [0.1, 0.15) is 6.42 Å². The van der Waals surface area contributed by atoms with E-state index in [9.17, 15) is 0 Å². The summed E-state index contributed by atoms with van der Waals surface area (Å²) in [7, 11) is 3.34. The third-order valence-electron chi connectivity index (χ3n) is 0.835. The minimum Gasteiger partial charge on any atom is -0.504 e. The molecule has 0 amide bonds. The van der Waals surface area contributed by atoms with Crippen LogP contribution in [0.15, 0.2) is 11.8 Å². The van der Waals surface area contributed by atoms with Crippen LogP contribution in [-0.2, 0) is 4.74 Å². The summed E-state index contributed by atoms with van der Waals surface area (Å²) in [6.07, 6.45) is 2.45. The molecule has 0 unspecified atom stereocenters. The van der Waals surface area contributed by atoms with Gasteiger partial charge in [-0.05, 0) is 12.5 Å². The molecule has 0 aromatic carbocycles. The highest BCUT2D eigenvalue weighted by atomic mass is 16.5. The van der Waals surface area contributed by atoms with Crippen molar-refractivity contribution in [3.63, 3.8) is 0 Å². The van der Waals surface area contributed by atoms with Gasteiger partial charge in [-0.1, -0.05) is 4.85 Å². The SMILES string of the molecule is C[N+]#CCC(C)=COC. The van der Waals surface area contributed by atoms with Crippen LogP contribution in [0.1, 0.15) is 13.3 Å². The molecule has 0 aliphatic rings. The van der Waals surface area contributed by atoms with E-state index in [0.29, 0.717) is 0 Å². The summed E-state index contributed by atoms with van der Waals surface area (Å²) in [5, 5.41) is 0. The molecule has 0 spiro atoms. The highest BCUT2D eigenvalue weighted by molar-refractivity contribution is 5.04. The number of hydrogen-bond donors (Lipinski definition) is 0. The lowest BCUT2D eigenvalue weighted by molar-refractivity contribution is 0.333. The Labute approximate surface area is 56.0 Å². The molecule has 0 aliphatic heterocycles. The third-order valence-corrected chi connectivity index (χ3v) is 0.835. The molecule has 0 atom stereocenters. The summed E-state index contributed by atoms with van der Waals surface area (Å²) in [4.78, 5) is 3.71. The van der Waals surface area contributed by atoms with Crippen molar-refractivity contribution >= 4 is 0 Å². The second-order valence-electron chi connectivity index (χ2n) is 1.76. The van der Waals surface area contributed by atoms with Crippen LogP contribution in [0.25, 0.3) is 4.85 Å². The third kappa shape index (κ3) is 4.89. The first-order chi connectivity index (χ1) is 4.31. The molecule has 2 nitrogen and oxygen atoms in total. The van der Waals surface area contributed by atoms with Crippen molar-refractivity contribution in [3.8, 4) is 6.07 Å². The Hall–Kier alpha value is -0.970. The fourth-order valence-electron chi connectivity index (χ4n) is 0.447. The van der Waals surface area contributed by atoms with E-state index in [2.05, 4.69) is 10.9 Å². The highest BCUT2D eigenvalue weighted by Gasteiger charge is 1.88. The Balaban J connectivity index is 3.57. The molecule has 50 valence electrons. The monoisotopic (exact) mass is 126 g/mol. The number of allylic oxidation sites excluding steroid dienone is 1. The standard InChI is InChI=1S/C7H12NO/c1-7(6-9-3)4-5-8-2/h6H,4H2,1-3H3/q+1. The smallest absolute Gasteiger partial charge is 0.277 e. The lowest BCUT2D eigenvalue weighted by atomic mass is 10.3. The molecule has 2 heteroatoms. The average Bonchev–Trinajstić information content (AvgIpc) is 1.85. The molecule has 0 heterocycles. The fourth-order valence-corrected chi connectivity index (χ4v) is 0.447. The topological polar surface area (TPSA) is 13.6 Å². The minimum atomic E-state index is 0.754. The van der Waals surface area contributed by atoms with E-state index in [4.69, 9.17) is 4.74 Å². The van der Waals surface area contributed by atoms with Crippen molar-refractivity contribution in [1.82, 2.24) is 0 Å². The van der Waals surface area contributed by atoms with Crippen LogP contribution < -0.4 is 0 Å². The number of hydrogen-bond acceptors (Lipinski definition) is 1. The van der Waals surface area contributed by atoms with Gasteiger partial charge in [-0.3, -0.25) is 0 Å². The first-order valence-corrected chi connectivity index (χ1v) is 2.81. The van der Waals surface area contributed by atoms with Gasteiger partial charge in [0.2, 0.25) is 0 Å². The molecule has 0 radical (unpaired) electrons. The minimum absolute atomic E-state index is 0.754.